The molecule has 132 valence electrons. The van der Waals surface area contributed by atoms with Crippen molar-refractivity contribution >= 4 is 17.5 Å². The molecule has 2 aromatic carbocycles. The van der Waals surface area contributed by atoms with Gasteiger partial charge in [0.1, 0.15) is 5.75 Å². The number of carbonyl (C=O) groups excluding carboxylic acids is 2. The molecule has 2 amide bonds. The molecule has 0 aliphatic carbocycles. The Morgan fingerprint density at radius 3 is 2.40 bits per heavy atom. The van der Waals surface area contributed by atoms with Crippen molar-refractivity contribution in [2.75, 3.05) is 5.32 Å². The van der Waals surface area contributed by atoms with Gasteiger partial charge in [-0.2, -0.15) is 0 Å². The minimum absolute atomic E-state index is 0.120. The third-order valence-electron chi connectivity index (χ3n) is 3.54. The molecular weight excluding hydrogens is 318 g/mol. The van der Waals surface area contributed by atoms with Crippen LogP contribution in [-0.2, 0) is 4.79 Å². The highest BCUT2D eigenvalue weighted by molar-refractivity contribution is 5.96. The number of carbonyl (C=O) groups is 2. The van der Waals surface area contributed by atoms with E-state index in [0.29, 0.717) is 17.0 Å². The lowest BCUT2D eigenvalue weighted by molar-refractivity contribution is -0.116. The number of rotatable bonds is 7. The first kappa shape index (κ1) is 18.5. The third-order valence-corrected chi connectivity index (χ3v) is 3.54. The summed E-state index contributed by atoms with van der Waals surface area (Å²) in [5.74, 6) is -0.401. The smallest absolute Gasteiger partial charge is 0.248 e. The quantitative estimate of drug-likeness (QED) is 0.719. The number of anilines is 1. The number of nitrogens with two attached hydrogens (primary N) is 2. The van der Waals surface area contributed by atoms with Crippen molar-refractivity contribution in [3.05, 3.63) is 59.7 Å². The van der Waals surface area contributed by atoms with E-state index in [4.69, 9.17) is 16.2 Å². The molecule has 6 nitrogen and oxygen atoms in total. The predicted molar refractivity (Wildman–Crippen MR) is 97.3 cm³/mol. The van der Waals surface area contributed by atoms with Crippen molar-refractivity contribution < 1.29 is 14.3 Å². The Bertz CT molecular complexity index is 745. The van der Waals surface area contributed by atoms with E-state index in [1.165, 1.54) is 6.07 Å². The molecule has 6 heteroatoms. The second-order valence-corrected chi connectivity index (χ2v) is 6.01. The molecule has 0 saturated carbocycles. The molecule has 2 aromatic rings. The van der Waals surface area contributed by atoms with Crippen LogP contribution < -0.4 is 21.5 Å². The van der Waals surface area contributed by atoms with Crippen molar-refractivity contribution in [3.63, 3.8) is 0 Å². The Morgan fingerprint density at radius 1 is 1.12 bits per heavy atom. The maximum absolute atomic E-state index is 12.3. The predicted octanol–water partition coefficient (Wildman–Crippen LogP) is 2.60. The molecule has 1 atom stereocenters. The Hall–Kier alpha value is -2.86. The fraction of sp³-hybridized carbons (Fsp3) is 0.263. The Balaban J connectivity index is 2.12. The van der Waals surface area contributed by atoms with Crippen molar-refractivity contribution in [1.82, 2.24) is 0 Å². The summed E-state index contributed by atoms with van der Waals surface area (Å²) in [5, 5.41) is 2.79. The monoisotopic (exact) mass is 341 g/mol. The lowest BCUT2D eigenvalue weighted by atomic mass is 10.0. The molecule has 25 heavy (non-hydrogen) atoms. The Labute approximate surface area is 147 Å². The first-order valence-corrected chi connectivity index (χ1v) is 8.07. The third kappa shape index (κ3) is 5.32. The van der Waals surface area contributed by atoms with Gasteiger partial charge in [-0.05, 0) is 37.6 Å². The average Bonchev–Trinajstić information content (AvgIpc) is 2.56. The number of hydrogen-bond donors (Lipinski definition) is 3. The van der Waals surface area contributed by atoms with Crippen LogP contribution in [0.4, 0.5) is 5.69 Å². The molecule has 0 aliphatic heterocycles. The summed E-state index contributed by atoms with van der Waals surface area (Å²) < 4.78 is 5.67. The van der Waals surface area contributed by atoms with Crippen molar-refractivity contribution in [1.29, 1.82) is 0 Å². The lowest BCUT2D eigenvalue weighted by Gasteiger charge is -2.17. The van der Waals surface area contributed by atoms with Gasteiger partial charge in [-0.25, -0.2) is 0 Å². The molecule has 0 bridgehead atoms. The van der Waals surface area contributed by atoms with Crippen molar-refractivity contribution in [2.24, 2.45) is 11.5 Å². The van der Waals surface area contributed by atoms with Gasteiger partial charge < -0.3 is 21.5 Å². The topological polar surface area (TPSA) is 107 Å². The van der Waals surface area contributed by atoms with Crippen LogP contribution in [-0.4, -0.2) is 17.9 Å². The van der Waals surface area contributed by atoms with E-state index < -0.39 is 11.9 Å². The molecule has 2 rings (SSSR count). The van der Waals surface area contributed by atoms with E-state index in [0.717, 1.165) is 5.56 Å². The largest absolute Gasteiger partial charge is 0.489 e. The maximum Gasteiger partial charge on any atom is 0.248 e. The first-order chi connectivity index (χ1) is 11.9. The highest BCUT2D eigenvalue weighted by Gasteiger charge is 2.15. The molecule has 5 N–H and O–H groups in total. The second-order valence-electron chi connectivity index (χ2n) is 6.01. The van der Waals surface area contributed by atoms with Crippen LogP contribution in [0.25, 0.3) is 0 Å². The zero-order valence-electron chi connectivity index (χ0n) is 14.4. The summed E-state index contributed by atoms with van der Waals surface area (Å²) >= 11 is 0. The van der Waals surface area contributed by atoms with Gasteiger partial charge >= 0.3 is 0 Å². The molecule has 0 saturated heterocycles. The number of ether oxygens (including phenoxy) is 1. The number of hydrogen-bond acceptors (Lipinski definition) is 4. The normalized spacial score (nSPS) is 11.8. The average molecular weight is 341 g/mol. The Morgan fingerprint density at radius 2 is 1.80 bits per heavy atom. The zero-order chi connectivity index (χ0) is 18.4. The highest BCUT2D eigenvalue weighted by Crippen LogP contribution is 2.27. The van der Waals surface area contributed by atoms with E-state index in [9.17, 15) is 9.59 Å². The van der Waals surface area contributed by atoms with E-state index in [1.807, 2.05) is 44.2 Å². The van der Waals surface area contributed by atoms with E-state index in [-0.39, 0.29) is 18.4 Å². The van der Waals surface area contributed by atoms with Crippen LogP contribution in [0.5, 0.6) is 5.75 Å². The van der Waals surface area contributed by atoms with Crippen molar-refractivity contribution in [3.8, 4) is 5.75 Å². The summed E-state index contributed by atoms with van der Waals surface area (Å²) in [4.78, 5) is 23.7. The van der Waals surface area contributed by atoms with Crippen LogP contribution >= 0.6 is 0 Å². The number of benzene rings is 2. The Kier molecular flexibility index (Phi) is 6.14. The summed E-state index contributed by atoms with van der Waals surface area (Å²) in [6.45, 7) is 3.71. The molecule has 0 aromatic heterocycles. The lowest BCUT2D eigenvalue weighted by Crippen LogP contribution is -2.21. The van der Waals surface area contributed by atoms with Crippen LogP contribution in [0.15, 0.2) is 48.5 Å². The van der Waals surface area contributed by atoms with Crippen LogP contribution in [0.3, 0.4) is 0 Å². The number of amides is 2. The number of primary amides is 1. The fourth-order valence-electron chi connectivity index (χ4n) is 2.35. The van der Waals surface area contributed by atoms with Gasteiger partial charge in [0.05, 0.1) is 11.8 Å². The van der Waals surface area contributed by atoms with Crippen LogP contribution in [0.2, 0.25) is 0 Å². The molecular formula is C19H23N3O3. The fourth-order valence-corrected chi connectivity index (χ4v) is 2.35. The van der Waals surface area contributed by atoms with Crippen LogP contribution in [0, 0.1) is 0 Å². The standard InChI is InChI=1S/C19H23N3O3/c1-12(2)25-17-10-14(19(21)24)8-9-16(17)22-18(23)11-15(20)13-6-4-3-5-7-13/h3-10,12,15H,11,20H2,1-2H3,(H2,21,24)(H,22,23). The van der Waals surface area contributed by atoms with E-state index in [2.05, 4.69) is 5.32 Å². The van der Waals surface area contributed by atoms with Crippen molar-refractivity contribution in [2.45, 2.75) is 32.4 Å². The van der Waals surface area contributed by atoms with Gasteiger partial charge in [0.15, 0.2) is 0 Å². The SMILES string of the molecule is CC(C)Oc1cc(C(N)=O)ccc1NC(=O)CC(N)c1ccccc1. The minimum atomic E-state index is -0.558. The zero-order valence-corrected chi connectivity index (χ0v) is 14.4. The maximum atomic E-state index is 12.3. The molecule has 0 fully saturated rings. The second kappa shape index (κ2) is 8.30. The summed E-state index contributed by atoms with van der Waals surface area (Å²) in [5.41, 5.74) is 13.1. The van der Waals surface area contributed by atoms with Gasteiger partial charge in [-0.15, -0.1) is 0 Å². The van der Waals surface area contributed by atoms with E-state index in [1.54, 1.807) is 12.1 Å². The van der Waals surface area contributed by atoms with Gasteiger partial charge in [0, 0.05) is 18.0 Å². The molecule has 0 aliphatic rings. The summed E-state index contributed by atoms with van der Waals surface area (Å²) in [6, 6.07) is 13.7. The number of nitrogens with one attached hydrogen (secondary N) is 1. The first-order valence-electron chi connectivity index (χ1n) is 8.07. The minimum Gasteiger partial charge on any atom is -0.489 e. The van der Waals surface area contributed by atoms with Gasteiger partial charge in [-0.3, -0.25) is 9.59 Å². The summed E-state index contributed by atoms with van der Waals surface area (Å²) in [7, 11) is 0. The molecule has 1 unspecified atom stereocenters. The van der Waals surface area contributed by atoms with Gasteiger partial charge in [0.2, 0.25) is 11.8 Å². The molecule has 0 spiro atoms. The summed E-state index contributed by atoms with van der Waals surface area (Å²) in [6.07, 6.45) is 0.00764. The van der Waals surface area contributed by atoms with Gasteiger partial charge in [0.25, 0.3) is 0 Å². The molecule has 0 heterocycles. The van der Waals surface area contributed by atoms with E-state index >= 15 is 0 Å². The molecule has 0 radical (unpaired) electrons. The van der Waals surface area contributed by atoms with Gasteiger partial charge in [-0.1, -0.05) is 30.3 Å². The highest BCUT2D eigenvalue weighted by atomic mass is 16.5. The van der Waals surface area contributed by atoms with Crippen LogP contribution in [0.1, 0.15) is 42.2 Å².